The van der Waals surface area contributed by atoms with Crippen molar-refractivity contribution in [2.45, 2.75) is 18.5 Å². The molecule has 0 saturated carbocycles. The third-order valence-electron chi connectivity index (χ3n) is 2.28. The van der Waals surface area contributed by atoms with Crippen molar-refractivity contribution in [2.24, 2.45) is 0 Å². The van der Waals surface area contributed by atoms with Crippen molar-refractivity contribution in [3.63, 3.8) is 0 Å². The standard InChI is InChI=1S/C11H11FO4/c12-11(9(13)14,10(15)16)7-6-8-4-2-1-3-5-8/h1-5H,6-7H2,(H,13,14)(H,15,16). The summed E-state index contributed by atoms with van der Waals surface area (Å²) in [5.41, 5.74) is -2.51. The van der Waals surface area contributed by atoms with Gasteiger partial charge < -0.3 is 10.2 Å². The minimum absolute atomic E-state index is 0.0654. The van der Waals surface area contributed by atoms with E-state index in [1.807, 2.05) is 0 Å². The lowest BCUT2D eigenvalue weighted by molar-refractivity contribution is -0.167. The van der Waals surface area contributed by atoms with Crippen LogP contribution in [0.3, 0.4) is 0 Å². The first kappa shape index (κ1) is 12.2. The molecule has 0 aliphatic carbocycles. The maximum absolute atomic E-state index is 13.5. The van der Waals surface area contributed by atoms with Crippen LogP contribution in [0, 0.1) is 0 Å². The Hall–Kier alpha value is -1.91. The topological polar surface area (TPSA) is 74.6 Å². The zero-order valence-electron chi connectivity index (χ0n) is 8.39. The van der Waals surface area contributed by atoms with E-state index in [9.17, 15) is 14.0 Å². The van der Waals surface area contributed by atoms with E-state index in [4.69, 9.17) is 10.2 Å². The second kappa shape index (κ2) is 4.74. The molecule has 86 valence electrons. The van der Waals surface area contributed by atoms with Crippen molar-refractivity contribution in [1.82, 2.24) is 0 Å². The van der Waals surface area contributed by atoms with Gasteiger partial charge in [0.1, 0.15) is 0 Å². The zero-order chi connectivity index (χ0) is 12.2. The quantitative estimate of drug-likeness (QED) is 0.746. The van der Waals surface area contributed by atoms with E-state index in [0.29, 0.717) is 5.56 Å². The van der Waals surface area contributed by atoms with Crippen molar-refractivity contribution < 1.29 is 24.2 Å². The van der Waals surface area contributed by atoms with Crippen LogP contribution < -0.4 is 0 Å². The summed E-state index contributed by atoms with van der Waals surface area (Å²) in [4.78, 5) is 21.1. The second-order valence-corrected chi connectivity index (χ2v) is 3.40. The Morgan fingerprint density at radius 1 is 1.12 bits per heavy atom. The summed E-state index contributed by atoms with van der Waals surface area (Å²) in [5, 5.41) is 17.1. The lowest BCUT2D eigenvalue weighted by Crippen LogP contribution is -2.42. The van der Waals surface area contributed by atoms with Crippen LogP contribution in [0.5, 0.6) is 0 Å². The molecule has 0 amide bonds. The van der Waals surface area contributed by atoms with Crippen LogP contribution in [0.25, 0.3) is 0 Å². The molecule has 0 aliphatic heterocycles. The molecular formula is C11H11FO4. The van der Waals surface area contributed by atoms with E-state index in [0.717, 1.165) is 0 Å². The van der Waals surface area contributed by atoms with E-state index in [1.165, 1.54) is 0 Å². The van der Waals surface area contributed by atoms with Crippen LogP contribution >= 0.6 is 0 Å². The number of hydrogen-bond donors (Lipinski definition) is 2. The van der Waals surface area contributed by atoms with Gasteiger partial charge >= 0.3 is 17.6 Å². The molecule has 0 bridgehead atoms. The van der Waals surface area contributed by atoms with Crippen molar-refractivity contribution in [3.05, 3.63) is 35.9 Å². The van der Waals surface area contributed by atoms with Crippen molar-refractivity contribution in [1.29, 1.82) is 0 Å². The lowest BCUT2D eigenvalue weighted by Gasteiger charge is -2.15. The number of aliphatic carboxylic acids is 2. The number of alkyl halides is 1. The number of rotatable bonds is 5. The van der Waals surface area contributed by atoms with Gasteiger partial charge in [0.05, 0.1) is 0 Å². The first-order valence-electron chi connectivity index (χ1n) is 4.66. The molecule has 0 heterocycles. The summed E-state index contributed by atoms with van der Waals surface area (Å²) in [5.74, 6) is -3.92. The molecule has 0 spiro atoms. The molecule has 5 heteroatoms. The van der Waals surface area contributed by atoms with Crippen LogP contribution in [-0.2, 0) is 16.0 Å². The first-order valence-corrected chi connectivity index (χ1v) is 4.66. The maximum Gasteiger partial charge on any atom is 0.353 e. The van der Waals surface area contributed by atoms with Gasteiger partial charge in [-0.05, 0) is 12.0 Å². The van der Waals surface area contributed by atoms with Crippen LogP contribution in [0.4, 0.5) is 4.39 Å². The van der Waals surface area contributed by atoms with Gasteiger partial charge in [0, 0.05) is 6.42 Å². The summed E-state index contributed by atoms with van der Waals surface area (Å²) >= 11 is 0. The number of hydrogen-bond acceptors (Lipinski definition) is 2. The van der Waals surface area contributed by atoms with Crippen molar-refractivity contribution >= 4 is 11.9 Å². The fourth-order valence-electron chi connectivity index (χ4n) is 1.27. The summed E-state index contributed by atoms with van der Waals surface area (Å²) in [6, 6.07) is 8.57. The summed E-state index contributed by atoms with van der Waals surface area (Å²) < 4.78 is 13.5. The number of benzene rings is 1. The Labute approximate surface area is 91.3 Å². The van der Waals surface area contributed by atoms with Gasteiger partial charge in [-0.15, -0.1) is 0 Å². The third kappa shape index (κ3) is 2.56. The number of carboxylic acids is 2. The second-order valence-electron chi connectivity index (χ2n) is 3.40. The molecule has 1 rings (SSSR count). The largest absolute Gasteiger partial charge is 0.478 e. The molecule has 16 heavy (non-hydrogen) atoms. The van der Waals surface area contributed by atoms with E-state index in [2.05, 4.69) is 0 Å². The average molecular weight is 226 g/mol. The van der Waals surface area contributed by atoms with Gasteiger partial charge in [-0.25, -0.2) is 14.0 Å². The van der Waals surface area contributed by atoms with Gasteiger partial charge in [-0.1, -0.05) is 30.3 Å². The zero-order valence-corrected chi connectivity index (χ0v) is 8.39. The van der Waals surface area contributed by atoms with Crippen LogP contribution in [-0.4, -0.2) is 27.8 Å². The number of aryl methyl sites for hydroxylation is 1. The highest BCUT2D eigenvalue weighted by Gasteiger charge is 2.46. The fourth-order valence-corrected chi connectivity index (χ4v) is 1.27. The number of halogens is 1. The molecule has 0 radical (unpaired) electrons. The molecule has 0 aromatic heterocycles. The molecule has 0 unspecified atom stereocenters. The Morgan fingerprint density at radius 3 is 2.06 bits per heavy atom. The highest BCUT2D eigenvalue weighted by Crippen LogP contribution is 2.20. The Bertz CT molecular complexity index is 374. The van der Waals surface area contributed by atoms with E-state index in [-0.39, 0.29) is 6.42 Å². The molecule has 4 nitrogen and oxygen atoms in total. The Balaban J connectivity index is 2.72. The summed E-state index contributed by atoms with van der Waals surface area (Å²) in [6.45, 7) is 0. The minimum atomic E-state index is -3.21. The predicted octanol–water partition coefficient (Wildman–Crippen LogP) is 1.50. The highest BCUT2D eigenvalue weighted by atomic mass is 19.1. The summed E-state index contributed by atoms with van der Waals surface area (Å²) in [6.07, 6.45) is -0.516. The SMILES string of the molecule is O=C(O)C(F)(CCc1ccccc1)C(=O)O. The van der Waals surface area contributed by atoms with Crippen molar-refractivity contribution in [2.75, 3.05) is 0 Å². The fraction of sp³-hybridized carbons (Fsp3) is 0.273. The number of carboxylic acid groups (broad SMARTS) is 2. The van der Waals surface area contributed by atoms with Crippen LogP contribution in [0.15, 0.2) is 30.3 Å². The minimum Gasteiger partial charge on any atom is -0.478 e. The third-order valence-corrected chi connectivity index (χ3v) is 2.28. The van der Waals surface area contributed by atoms with Crippen LogP contribution in [0.2, 0.25) is 0 Å². The molecular weight excluding hydrogens is 215 g/mol. The Morgan fingerprint density at radius 2 is 1.62 bits per heavy atom. The highest BCUT2D eigenvalue weighted by molar-refractivity contribution is 6.01. The maximum atomic E-state index is 13.5. The molecule has 1 aromatic rings. The predicted molar refractivity (Wildman–Crippen MR) is 53.9 cm³/mol. The lowest BCUT2D eigenvalue weighted by atomic mass is 9.97. The smallest absolute Gasteiger partial charge is 0.353 e. The molecule has 0 atom stereocenters. The molecule has 0 saturated heterocycles. The van der Waals surface area contributed by atoms with Crippen LogP contribution in [0.1, 0.15) is 12.0 Å². The molecule has 0 aliphatic rings. The molecule has 1 aromatic carbocycles. The van der Waals surface area contributed by atoms with Gasteiger partial charge in [-0.2, -0.15) is 0 Å². The normalized spacial score (nSPS) is 11.1. The summed E-state index contributed by atoms with van der Waals surface area (Å²) in [7, 11) is 0. The van der Waals surface area contributed by atoms with Gasteiger partial charge in [0.2, 0.25) is 0 Å². The first-order chi connectivity index (χ1) is 7.47. The van der Waals surface area contributed by atoms with E-state index >= 15 is 0 Å². The number of carbonyl (C=O) groups is 2. The van der Waals surface area contributed by atoms with Gasteiger partial charge in [0.25, 0.3) is 0 Å². The van der Waals surface area contributed by atoms with Crippen molar-refractivity contribution in [3.8, 4) is 0 Å². The van der Waals surface area contributed by atoms with E-state index in [1.54, 1.807) is 30.3 Å². The average Bonchev–Trinajstić information content (AvgIpc) is 2.26. The van der Waals surface area contributed by atoms with Gasteiger partial charge in [-0.3, -0.25) is 0 Å². The molecule has 2 N–H and O–H groups in total. The van der Waals surface area contributed by atoms with Gasteiger partial charge in [0.15, 0.2) is 0 Å². The monoisotopic (exact) mass is 226 g/mol. The Kier molecular flexibility index (Phi) is 3.60. The molecule has 0 fully saturated rings. The van der Waals surface area contributed by atoms with E-state index < -0.39 is 24.0 Å².